The van der Waals surface area contributed by atoms with Gasteiger partial charge in [0.05, 0.1) is 0 Å². The van der Waals surface area contributed by atoms with Crippen LogP contribution in [-0.4, -0.2) is 40.8 Å². The van der Waals surface area contributed by atoms with Gasteiger partial charge < -0.3 is 5.11 Å². The molecular formula is C10H16FNO2. The van der Waals surface area contributed by atoms with Crippen molar-refractivity contribution in [2.24, 2.45) is 0 Å². The summed E-state index contributed by atoms with van der Waals surface area (Å²) in [5.41, 5.74) is -1.99. The number of aliphatic carboxylic acids is 1. The summed E-state index contributed by atoms with van der Waals surface area (Å²) >= 11 is 0. The number of nitrogens with zero attached hydrogens (tertiary/aromatic N) is 1. The molecule has 0 spiro atoms. The van der Waals surface area contributed by atoms with Crippen LogP contribution in [0, 0.1) is 0 Å². The lowest BCUT2D eigenvalue weighted by Crippen LogP contribution is -2.54. The summed E-state index contributed by atoms with van der Waals surface area (Å²) in [5.74, 6) is -1.29. The molecule has 4 heteroatoms. The van der Waals surface area contributed by atoms with E-state index >= 15 is 0 Å². The molecule has 0 radical (unpaired) electrons. The number of piperidine rings is 1. The fourth-order valence-electron chi connectivity index (χ4n) is 2.28. The molecule has 1 aliphatic heterocycles. The number of halogens is 1. The third kappa shape index (κ3) is 1.63. The molecular weight excluding hydrogens is 185 g/mol. The van der Waals surface area contributed by atoms with Crippen molar-refractivity contribution in [3.8, 4) is 0 Å². The molecule has 0 aromatic carbocycles. The Kier molecular flexibility index (Phi) is 2.47. The molecule has 2 rings (SSSR count). The minimum atomic E-state index is -1.99. The van der Waals surface area contributed by atoms with Gasteiger partial charge in [-0.2, -0.15) is 0 Å². The molecule has 0 bridgehead atoms. The first-order chi connectivity index (χ1) is 6.62. The zero-order chi connectivity index (χ0) is 10.2. The van der Waals surface area contributed by atoms with Gasteiger partial charge in [0.25, 0.3) is 0 Å². The van der Waals surface area contributed by atoms with E-state index < -0.39 is 11.6 Å². The third-order valence-electron chi connectivity index (χ3n) is 3.45. The Labute approximate surface area is 82.9 Å². The molecule has 1 aliphatic carbocycles. The van der Waals surface area contributed by atoms with Crippen LogP contribution >= 0.6 is 0 Å². The van der Waals surface area contributed by atoms with E-state index in [-0.39, 0.29) is 13.0 Å². The predicted molar refractivity (Wildman–Crippen MR) is 49.9 cm³/mol. The number of hydrogen-bond donors (Lipinski definition) is 1. The van der Waals surface area contributed by atoms with Crippen LogP contribution in [0.5, 0.6) is 0 Å². The fraction of sp³-hybridized carbons (Fsp3) is 0.900. The molecule has 2 fully saturated rings. The van der Waals surface area contributed by atoms with Gasteiger partial charge >= 0.3 is 5.97 Å². The van der Waals surface area contributed by atoms with Gasteiger partial charge in [0.15, 0.2) is 0 Å². The number of carboxylic acids is 1. The van der Waals surface area contributed by atoms with Gasteiger partial charge in [0, 0.05) is 12.6 Å². The summed E-state index contributed by atoms with van der Waals surface area (Å²) in [4.78, 5) is 12.8. The van der Waals surface area contributed by atoms with Crippen molar-refractivity contribution in [2.45, 2.75) is 43.8 Å². The zero-order valence-electron chi connectivity index (χ0n) is 8.21. The lowest BCUT2D eigenvalue weighted by molar-refractivity contribution is -0.156. The quantitative estimate of drug-likeness (QED) is 0.734. The standard InChI is InChI=1S/C10H16FNO2/c11-10(9(13)14)5-2-6-12(7-10)8-3-1-4-8/h8H,1-7H2,(H,13,14). The summed E-state index contributed by atoms with van der Waals surface area (Å²) < 4.78 is 13.8. The molecule has 2 aliphatic rings. The summed E-state index contributed by atoms with van der Waals surface area (Å²) in [7, 11) is 0. The molecule has 0 aromatic rings. The molecule has 0 amide bonds. The molecule has 1 N–H and O–H groups in total. The molecule has 1 saturated heterocycles. The van der Waals surface area contributed by atoms with E-state index in [1.807, 2.05) is 4.90 Å². The summed E-state index contributed by atoms with van der Waals surface area (Å²) in [6.07, 6.45) is 4.25. The Morgan fingerprint density at radius 1 is 1.43 bits per heavy atom. The van der Waals surface area contributed by atoms with Gasteiger partial charge in [0.1, 0.15) is 0 Å². The van der Waals surface area contributed by atoms with Gasteiger partial charge in [-0.25, -0.2) is 9.18 Å². The van der Waals surface area contributed by atoms with Crippen molar-refractivity contribution < 1.29 is 14.3 Å². The summed E-state index contributed by atoms with van der Waals surface area (Å²) in [5, 5.41) is 8.79. The highest BCUT2D eigenvalue weighted by molar-refractivity contribution is 5.77. The second-order valence-electron chi connectivity index (χ2n) is 4.43. The Bertz CT molecular complexity index is 242. The average molecular weight is 201 g/mol. The highest BCUT2D eigenvalue weighted by Gasteiger charge is 2.44. The van der Waals surface area contributed by atoms with Gasteiger partial charge in [0.2, 0.25) is 5.67 Å². The van der Waals surface area contributed by atoms with Crippen molar-refractivity contribution >= 4 is 5.97 Å². The van der Waals surface area contributed by atoms with Gasteiger partial charge in [-0.05, 0) is 32.2 Å². The van der Waals surface area contributed by atoms with Crippen LogP contribution in [0.15, 0.2) is 0 Å². The Morgan fingerprint density at radius 2 is 2.14 bits per heavy atom. The van der Waals surface area contributed by atoms with Gasteiger partial charge in [-0.15, -0.1) is 0 Å². The number of rotatable bonds is 2. The van der Waals surface area contributed by atoms with Crippen molar-refractivity contribution in [1.29, 1.82) is 0 Å². The maximum atomic E-state index is 13.8. The van der Waals surface area contributed by atoms with Crippen LogP contribution in [0.25, 0.3) is 0 Å². The first kappa shape index (κ1) is 9.90. The van der Waals surface area contributed by atoms with Crippen LogP contribution in [0.3, 0.4) is 0 Å². The van der Waals surface area contributed by atoms with E-state index in [2.05, 4.69) is 0 Å². The number of carbonyl (C=O) groups is 1. The van der Waals surface area contributed by atoms with Crippen LogP contribution < -0.4 is 0 Å². The molecule has 14 heavy (non-hydrogen) atoms. The van der Waals surface area contributed by atoms with Crippen LogP contribution in [0.2, 0.25) is 0 Å². The highest BCUT2D eigenvalue weighted by Crippen LogP contribution is 2.32. The topological polar surface area (TPSA) is 40.5 Å². The average Bonchev–Trinajstić information content (AvgIpc) is 2.00. The van der Waals surface area contributed by atoms with E-state index in [4.69, 9.17) is 5.11 Å². The molecule has 1 atom stereocenters. The minimum absolute atomic E-state index is 0.0903. The molecule has 1 heterocycles. The van der Waals surface area contributed by atoms with Gasteiger partial charge in [-0.3, -0.25) is 4.90 Å². The van der Waals surface area contributed by atoms with Crippen molar-refractivity contribution in [3.05, 3.63) is 0 Å². The lowest BCUT2D eigenvalue weighted by atomic mass is 9.87. The molecule has 1 saturated carbocycles. The second kappa shape index (κ2) is 3.50. The third-order valence-corrected chi connectivity index (χ3v) is 3.45. The smallest absolute Gasteiger partial charge is 0.342 e. The first-order valence-corrected chi connectivity index (χ1v) is 5.28. The van der Waals surface area contributed by atoms with E-state index in [0.29, 0.717) is 12.5 Å². The Morgan fingerprint density at radius 3 is 2.64 bits per heavy atom. The zero-order valence-corrected chi connectivity index (χ0v) is 8.21. The molecule has 0 aromatic heterocycles. The number of likely N-dealkylation sites (tertiary alicyclic amines) is 1. The van der Waals surface area contributed by atoms with Gasteiger partial charge in [-0.1, -0.05) is 6.42 Å². The van der Waals surface area contributed by atoms with E-state index in [9.17, 15) is 9.18 Å². The normalized spacial score (nSPS) is 35.2. The van der Waals surface area contributed by atoms with E-state index in [1.165, 1.54) is 6.42 Å². The lowest BCUT2D eigenvalue weighted by Gasteiger charge is -2.43. The molecule has 1 unspecified atom stereocenters. The SMILES string of the molecule is O=C(O)C1(F)CCCN(C2CCC2)C1. The van der Waals surface area contributed by atoms with Crippen LogP contribution in [-0.2, 0) is 4.79 Å². The maximum absolute atomic E-state index is 13.8. The van der Waals surface area contributed by atoms with Crippen LogP contribution in [0.1, 0.15) is 32.1 Å². The maximum Gasteiger partial charge on any atom is 0.342 e. The fourth-order valence-corrected chi connectivity index (χ4v) is 2.28. The second-order valence-corrected chi connectivity index (χ2v) is 4.43. The monoisotopic (exact) mass is 201 g/mol. The predicted octanol–water partition coefficient (Wildman–Crippen LogP) is 1.43. The van der Waals surface area contributed by atoms with Crippen molar-refractivity contribution in [2.75, 3.05) is 13.1 Å². The number of hydrogen-bond acceptors (Lipinski definition) is 2. The van der Waals surface area contributed by atoms with Crippen molar-refractivity contribution in [1.82, 2.24) is 4.90 Å². The van der Waals surface area contributed by atoms with Crippen LogP contribution in [0.4, 0.5) is 4.39 Å². The highest BCUT2D eigenvalue weighted by atomic mass is 19.1. The van der Waals surface area contributed by atoms with E-state index in [1.54, 1.807) is 0 Å². The molecule has 3 nitrogen and oxygen atoms in total. The van der Waals surface area contributed by atoms with Crippen molar-refractivity contribution in [3.63, 3.8) is 0 Å². The number of alkyl halides is 1. The first-order valence-electron chi connectivity index (χ1n) is 5.28. The largest absolute Gasteiger partial charge is 0.479 e. The molecule has 80 valence electrons. The summed E-state index contributed by atoms with van der Waals surface area (Å²) in [6, 6.07) is 0.449. The van der Waals surface area contributed by atoms with E-state index in [0.717, 1.165) is 19.4 Å². The Hall–Kier alpha value is -0.640. The Balaban J connectivity index is 1.99. The number of carboxylic acid groups (broad SMARTS) is 1. The minimum Gasteiger partial charge on any atom is -0.479 e. The summed E-state index contributed by atoms with van der Waals surface area (Å²) in [6.45, 7) is 0.955.